The highest BCUT2D eigenvalue weighted by Crippen LogP contribution is 2.25. The fourth-order valence-electron chi connectivity index (χ4n) is 1.55. The first-order valence-electron chi connectivity index (χ1n) is 5.41. The number of thiophene rings is 1. The van der Waals surface area contributed by atoms with E-state index in [1.165, 1.54) is 16.0 Å². The molecule has 0 saturated heterocycles. The van der Waals surface area contributed by atoms with Crippen molar-refractivity contribution in [2.45, 2.75) is 6.42 Å². The van der Waals surface area contributed by atoms with Crippen LogP contribution in [0.4, 0.5) is 0 Å². The highest BCUT2D eigenvalue weighted by molar-refractivity contribution is 7.13. The largest absolute Gasteiger partial charge is 0.330 e. The third kappa shape index (κ3) is 2.81. The van der Waals surface area contributed by atoms with Crippen molar-refractivity contribution in [3.63, 3.8) is 0 Å². The predicted octanol–water partition coefficient (Wildman–Crippen LogP) is 3.78. The molecule has 2 N–H and O–H groups in total. The Hall–Kier alpha value is -1.38. The molecule has 0 radical (unpaired) electrons. The fourth-order valence-corrected chi connectivity index (χ4v) is 2.28. The van der Waals surface area contributed by atoms with Gasteiger partial charge in [0.1, 0.15) is 0 Å². The lowest BCUT2D eigenvalue weighted by molar-refractivity contribution is 1.01. The Morgan fingerprint density at radius 3 is 2.88 bits per heavy atom. The van der Waals surface area contributed by atoms with Gasteiger partial charge in [-0.05, 0) is 41.6 Å². The van der Waals surface area contributed by atoms with Gasteiger partial charge in [-0.3, -0.25) is 0 Å². The van der Waals surface area contributed by atoms with Gasteiger partial charge in [0.15, 0.2) is 0 Å². The second-order valence-electron chi connectivity index (χ2n) is 3.58. The van der Waals surface area contributed by atoms with E-state index in [4.69, 9.17) is 5.73 Å². The van der Waals surface area contributed by atoms with E-state index in [2.05, 4.69) is 53.9 Å². The second-order valence-corrected chi connectivity index (χ2v) is 4.53. The molecule has 1 heterocycles. The lowest BCUT2D eigenvalue weighted by atomic mass is 10.1. The van der Waals surface area contributed by atoms with Gasteiger partial charge in [-0.15, -0.1) is 11.3 Å². The molecule has 1 aromatic carbocycles. The number of hydrogen-bond donors (Lipinski definition) is 1. The molecule has 2 aromatic rings. The van der Waals surface area contributed by atoms with Gasteiger partial charge in [-0.25, -0.2) is 0 Å². The minimum Gasteiger partial charge on any atom is -0.330 e. The lowest BCUT2D eigenvalue weighted by Crippen LogP contribution is -1.94. The zero-order chi connectivity index (χ0) is 11.2. The molecule has 0 aliphatic carbocycles. The van der Waals surface area contributed by atoms with Crippen LogP contribution in [0, 0.1) is 0 Å². The maximum Gasteiger partial charge on any atom is 0.0342 e. The summed E-state index contributed by atoms with van der Waals surface area (Å²) in [7, 11) is 0. The van der Waals surface area contributed by atoms with Crippen LogP contribution in [0.3, 0.4) is 0 Å². The SMILES string of the molecule is NCC/C=C/c1cccc(-c2cccs2)c1. The Morgan fingerprint density at radius 2 is 2.12 bits per heavy atom. The van der Waals surface area contributed by atoms with Crippen LogP contribution in [0.1, 0.15) is 12.0 Å². The van der Waals surface area contributed by atoms with Gasteiger partial charge in [0.2, 0.25) is 0 Å². The monoisotopic (exact) mass is 229 g/mol. The van der Waals surface area contributed by atoms with E-state index in [0.717, 1.165) is 6.42 Å². The van der Waals surface area contributed by atoms with E-state index in [0.29, 0.717) is 6.54 Å². The van der Waals surface area contributed by atoms with Gasteiger partial charge in [0.25, 0.3) is 0 Å². The Bertz CT molecular complexity index is 457. The predicted molar refractivity (Wildman–Crippen MR) is 72.5 cm³/mol. The van der Waals surface area contributed by atoms with Crippen molar-refractivity contribution in [3.8, 4) is 10.4 Å². The first-order valence-corrected chi connectivity index (χ1v) is 6.28. The third-order valence-electron chi connectivity index (χ3n) is 2.34. The van der Waals surface area contributed by atoms with Crippen molar-refractivity contribution >= 4 is 17.4 Å². The van der Waals surface area contributed by atoms with Crippen molar-refractivity contribution in [1.29, 1.82) is 0 Å². The molecule has 0 aliphatic heterocycles. The van der Waals surface area contributed by atoms with E-state index in [-0.39, 0.29) is 0 Å². The third-order valence-corrected chi connectivity index (χ3v) is 3.25. The topological polar surface area (TPSA) is 26.0 Å². The molecule has 0 saturated carbocycles. The highest BCUT2D eigenvalue weighted by atomic mass is 32.1. The molecule has 0 amide bonds. The van der Waals surface area contributed by atoms with Gasteiger partial charge in [-0.1, -0.05) is 36.4 Å². The van der Waals surface area contributed by atoms with Gasteiger partial charge in [0.05, 0.1) is 0 Å². The molecule has 0 bridgehead atoms. The number of nitrogens with two attached hydrogens (primary N) is 1. The van der Waals surface area contributed by atoms with E-state index >= 15 is 0 Å². The van der Waals surface area contributed by atoms with Crippen molar-refractivity contribution < 1.29 is 0 Å². The highest BCUT2D eigenvalue weighted by Gasteiger charge is 1.97. The Morgan fingerprint density at radius 1 is 1.19 bits per heavy atom. The van der Waals surface area contributed by atoms with E-state index in [1.807, 2.05) is 0 Å². The first kappa shape index (κ1) is 11.1. The zero-order valence-corrected chi connectivity index (χ0v) is 9.91. The van der Waals surface area contributed by atoms with Gasteiger partial charge in [0, 0.05) is 4.88 Å². The maximum atomic E-state index is 5.45. The zero-order valence-electron chi connectivity index (χ0n) is 9.10. The smallest absolute Gasteiger partial charge is 0.0342 e. The normalized spacial score (nSPS) is 11.1. The van der Waals surface area contributed by atoms with Crippen LogP contribution >= 0.6 is 11.3 Å². The molecule has 0 aliphatic rings. The van der Waals surface area contributed by atoms with Crippen molar-refractivity contribution in [2.24, 2.45) is 5.73 Å². The average molecular weight is 229 g/mol. The Kier molecular flexibility index (Phi) is 3.91. The Balaban J connectivity index is 2.20. The summed E-state index contributed by atoms with van der Waals surface area (Å²) < 4.78 is 0. The molecular formula is C14H15NS. The molecule has 0 atom stereocenters. The Labute approximate surface area is 100 Å². The lowest BCUT2D eigenvalue weighted by Gasteiger charge is -1.99. The van der Waals surface area contributed by atoms with Crippen LogP contribution in [-0.4, -0.2) is 6.54 Å². The van der Waals surface area contributed by atoms with Crippen LogP contribution in [0.25, 0.3) is 16.5 Å². The maximum absolute atomic E-state index is 5.45. The van der Waals surface area contributed by atoms with E-state index < -0.39 is 0 Å². The summed E-state index contributed by atoms with van der Waals surface area (Å²) in [6.07, 6.45) is 5.18. The molecule has 2 rings (SSSR count). The van der Waals surface area contributed by atoms with Crippen LogP contribution in [0.5, 0.6) is 0 Å². The van der Waals surface area contributed by atoms with E-state index in [9.17, 15) is 0 Å². The van der Waals surface area contributed by atoms with Crippen LogP contribution in [0.15, 0.2) is 47.9 Å². The molecule has 82 valence electrons. The molecular weight excluding hydrogens is 214 g/mol. The molecule has 1 nitrogen and oxygen atoms in total. The number of hydrogen-bond acceptors (Lipinski definition) is 2. The summed E-state index contributed by atoms with van der Waals surface area (Å²) in [5.41, 5.74) is 7.97. The summed E-state index contributed by atoms with van der Waals surface area (Å²) in [5.74, 6) is 0. The van der Waals surface area contributed by atoms with Gasteiger partial charge < -0.3 is 5.73 Å². The quantitative estimate of drug-likeness (QED) is 0.848. The molecule has 16 heavy (non-hydrogen) atoms. The fraction of sp³-hybridized carbons (Fsp3) is 0.143. The molecule has 2 heteroatoms. The van der Waals surface area contributed by atoms with Gasteiger partial charge >= 0.3 is 0 Å². The minimum atomic E-state index is 0.709. The summed E-state index contributed by atoms with van der Waals surface area (Å²) in [6, 6.07) is 12.8. The van der Waals surface area contributed by atoms with Gasteiger partial charge in [-0.2, -0.15) is 0 Å². The summed E-state index contributed by atoms with van der Waals surface area (Å²) in [5, 5.41) is 2.10. The molecule has 0 fully saturated rings. The van der Waals surface area contributed by atoms with E-state index in [1.54, 1.807) is 11.3 Å². The molecule has 0 spiro atoms. The second kappa shape index (κ2) is 5.64. The standard InChI is InChI=1S/C14H15NS/c15-9-2-1-5-12-6-3-7-13(11-12)14-8-4-10-16-14/h1,3-8,10-11H,2,9,15H2/b5-1+. The number of benzene rings is 1. The van der Waals surface area contributed by atoms with Crippen LogP contribution in [0.2, 0.25) is 0 Å². The van der Waals surface area contributed by atoms with Crippen LogP contribution in [-0.2, 0) is 0 Å². The van der Waals surface area contributed by atoms with Crippen molar-refractivity contribution in [2.75, 3.05) is 6.54 Å². The summed E-state index contributed by atoms with van der Waals surface area (Å²) in [4.78, 5) is 1.31. The average Bonchev–Trinajstić information content (AvgIpc) is 2.83. The molecule has 1 aromatic heterocycles. The first-order chi connectivity index (χ1) is 7.90. The van der Waals surface area contributed by atoms with Crippen LogP contribution < -0.4 is 5.73 Å². The molecule has 0 unspecified atom stereocenters. The number of rotatable bonds is 4. The van der Waals surface area contributed by atoms with Crippen molar-refractivity contribution in [1.82, 2.24) is 0 Å². The summed E-state index contributed by atoms with van der Waals surface area (Å²) >= 11 is 1.77. The van der Waals surface area contributed by atoms with Crippen molar-refractivity contribution in [3.05, 3.63) is 53.4 Å². The summed E-state index contributed by atoms with van der Waals surface area (Å²) in [6.45, 7) is 0.709. The minimum absolute atomic E-state index is 0.709.